The van der Waals surface area contributed by atoms with E-state index in [1.807, 2.05) is 0 Å². The fraction of sp³-hybridized carbons (Fsp3) is 0.800. The average Bonchev–Trinajstić information content (AvgIpc) is 2.16. The number of hydrogen-bond acceptors (Lipinski definition) is 1. The predicted octanol–water partition coefficient (Wildman–Crippen LogP) is 2.36. The minimum atomic E-state index is 0.322. The van der Waals surface area contributed by atoms with Gasteiger partial charge in [-0.3, -0.25) is 0 Å². The van der Waals surface area contributed by atoms with Crippen LogP contribution in [0.4, 0.5) is 0 Å². The van der Waals surface area contributed by atoms with Crippen molar-refractivity contribution in [3.8, 4) is 0 Å². The van der Waals surface area contributed by atoms with Crippen LogP contribution in [-0.4, -0.2) is 11.7 Å². The molecule has 0 fully saturated rings. The fourth-order valence-electron chi connectivity index (χ4n) is 1.83. The third-order valence-corrected chi connectivity index (χ3v) is 3.22. The van der Waals surface area contributed by atoms with E-state index in [1.165, 1.54) is 5.57 Å². The summed E-state index contributed by atoms with van der Waals surface area (Å²) in [6.45, 7) is 7.06. The van der Waals surface area contributed by atoms with E-state index in [2.05, 4.69) is 26.8 Å². The molecule has 1 heteroatoms. The van der Waals surface area contributed by atoms with Gasteiger partial charge in [-0.1, -0.05) is 25.5 Å². The van der Waals surface area contributed by atoms with E-state index in [0.29, 0.717) is 17.9 Å². The zero-order chi connectivity index (χ0) is 8.48. The number of aliphatic hydroxyl groups is 1. The van der Waals surface area contributed by atoms with Crippen molar-refractivity contribution >= 4 is 0 Å². The summed E-state index contributed by atoms with van der Waals surface area (Å²) >= 11 is 0. The van der Waals surface area contributed by atoms with Crippen LogP contribution in [0.5, 0.6) is 0 Å². The lowest BCUT2D eigenvalue weighted by atomic mass is 9.76. The first-order valence-corrected chi connectivity index (χ1v) is 4.37. The van der Waals surface area contributed by atoms with Crippen molar-refractivity contribution in [1.29, 1.82) is 0 Å². The summed E-state index contributed by atoms with van der Waals surface area (Å²) in [5.41, 5.74) is 1.80. The van der Waals surface area contributed by atoms with Crippen LogP contribution in [0.25, 0.3) is 0 Å². The fourth-order valence-corrected chi connectivity index (χ4v) is 1.83. The van der Waals surface area contributed by atoms with Crippen molar-refractivity contribution in [3.63, 3.8) is 0 Å². The molecule has 64 valence electrons. The predicted molar refractivity (Wildman–Crippen MR) is 47.3 cm³/mol. The van der Waals surface area contributed by atoms with Crippen molar-refractivity contribution in [3.05, 3.63) is 11.6 Å². The molecule has 0 amide bonds. The van der Waals surface area contributed by atoms with Crippen LogP contribution in [0.3, 0.4) is 0 Å². The van der Waals surface area contributed by atoms with Gasteiger partial charge in [-0.05, 0) is 31.1 Å². The van der Waals surface area contributed by atoms with Crippen LogP contribution in [0, 0.1) is 11.3 Å². The zero-order valence-corrected chi connectivity index (χ0v) is 7.72. The lowest BCUT2D eigenvalue weighted by Crippen LogP contribution is -2.21. The highest BCUT2D eigenvalue weighted by Crippen LogP contribution is 2.44. The van der Waals surface area contributed by atoms with Gasteiger partial charge in [0.1, 0.15) is 0 Å². The Hall–Kier alpha value is -0.300. The highest BCUT2D eigenvalue weighted by molar-refractivity contribution is 5.17. The lowest BCUT2D eigenvalue weighted by molar-refractivity contribution is 0.201. The summed E-state index contributed by atoms with van der Waals surface area (Å²) in [5, 5.41) is 8.82. The van der Waals surface area contributed by atoms with Crippen molar-refractivity contribution < 1.29 is 5.11 Å². The molecule has 0 aliphatic heterocycles. The first-order chi connectivity index (χ1) is 5.09. The molecule has 0 saturated heterocycles. The van der Waals surface area contributed by atoms with Crippen LogP contribution in [0.15, 0.2) is 11.6 Å². The van der Waals surface area contributed by atoms with Gasteiger partial charge in [-0.2, -0.15) is 0 Å². The molecule has 1 nitrogen and oxygen atoms in total. The largest absolute Gasteiger partial charge is 0.396 e. The molecule has 0 saturated carbocycles. The minimum Gasteiger partial charge on any atom is -0.396 e. The Morgan fingerprint density at radius 1 is 1.64 bits per heavy atom. The number of aliphatic hydroxyl groups excluding tert-OH is 1. The maximum Gasteiger partial charge on any atom is 0.0434 e. The standard InChI is InChI=1S/C10H18O/c1-8-4-5-9(6-7-11)10(8,2)3/h4,9,11H,5-7H2,1-3H3/t9-/m1/s1. The molecule has 0 aromatic carbocycles. The number of hydrogen-bond donors (Lipinski definition) is 1. The molecule has 1 rings (SSSR count). The van der Waals surface area contributed by atoms with E-state index in [-0.39, 0.29) is 0 Å². The molecule has 1 aliphatic rings. The quantitative estimate of drug-likeness (QED) is 0.605. The number of allylic oxidation sites excluding steroid dienone is 2. The van der Waals surface area contributed by atoms with Gasteiger partial charge < -0.3 is 5.11 Å². The Balaban J connectivity index is 2.62. The SMILES string of the molecule is CC1=CC[C@H](CCO)C1(C)C. The smallest absolute Gasteiger partial charge is 0.0434 e. The van der Waals surface area contributed by atoms with Crippen LogP contribution in [0.2, 0.25) is 0 Å². The molecule has 0 bridgehead atoms. The Morgan fingerprint density at radius 3 is 2.64 bits per heavy atom. The third kappa shape index (κ3) is 1.48. The third-order valence-electron chi connectivity index (χ3n) is 3.22. The van der Waals surface area contributed by atoms with Gasteiger partial charge in [0.15, 0.2) is 0 Å². The Kier molecular flexibility index (Phi) is 2.38. The van der Waals surface area contributed by atoms with E-state index < -0.39 is 0 Å². The minimum absolute atomic E-state index is 0.322. The highest BCUT2D eigenvalue weighted by atomic mass is 16.3. The summed E-state index contributed by atoms with van der Waals surface area (Å²) in [7, 11) is 0. The van der Waals surface area contributed by atoms with Gasteiger partial charge in [0.2, 0.25) is 0 Å². The van der Waals surface area contributed by atoms with E-state index in [0.717, 1.165) is 12.8 Å². The van der Waals surface area contributed by atoms with Gasteiger partial charge in [0.25, 0.3) is 0 Å². The van der Waals surface area contributed by atoms with E-state index in [9.17, 15) is 0 Å². The summed E-state index contributed by atoms with van der Waals surface area (Å²) in [4.78, 5) is 0. The van der Waals surface area contributed by atoms with Gasteiger partial charge in [-0.15, -0.1) is 0 Å². The van der Waals surface area contributed by atoms with Crippen molar-refractivity contribution in [2.24, 2.45) is 11.3 Å². The average molecular weight is 154 g/mol. The maximum atomic E-state index is 8.82. The molecule has 1 aliphatic carbocycles. The molecule has 0 aromatic rings. The molecule has 11 heavy (non-hydrogen) atoms. The van der Waals surface area contributed by atoms with Crippen LogP contribution in [0.1, 0.15) is 33.6 Å². The Morgan fingerprint density at radius 2 is 2.27 bits per heavy atom. The molecule has 1 atom stereocenters. The summed E-state index contributed by atoms with van der Waals surface area (Å²) in [6, 6.07) is 0. The van der Waals surface area contributed by atoms with Gasteiger partial charge >= 0.3 is 0 Å². The van der Waals surface area contributed by atoms with Gasteiger partial charge in [-0.25, -0.2) is 0 Å². The lowest BCUT2D eigenvalue weighted by Gasteiger charge is -2.29. The molecule has 0 aromatic heterocycles. The summed E-state index contributed by atoms with van der Waals surface area (Å²) in [5.74, 6) is 0.660. The summed E-state index contributed by atoms with van der Waals surface area (Å²) < 4.78 is 0. The van der Waals surface area contributed by atoms with Crippen LogP contribution < -0.4 is 0 Å². The molecule has 0 spiro atoms. The second kappa shape index (κ2) is 2.98. The molecule has 0 unspecified atom stereocenters. The normalized spacial score (nSPS) is 28.7. The van der Waals surface area contributed by atoms with Crippen LogP contribution >= 0.6 is 0 Å². The monoisotopic (exact) mass is 154 g/mol. The summed E-state index contributed by atoms with van der Waals surface area (Å²) in [6.07, 6.45) is 4.40. The molecular formula is C10H18O. The zero-order valence-electron chi connectivity index (χ0n) is 7.72. The van der Waals surface area contributed by atoms with Gasteiger partial charge in [0, 0.05) is 6.61 Å². The second-order valence-corrected chi connectivity index (χ2v) is 4.05. The topological polar surface area (TPSA) is 20.2 Å². The molecular weight excluding hydrogens is 136 g/mol. The first-order valence-electron chi connectivity index (χ1n) is 4.37. The first kappa shape index (κ1) is 8.79. The molecule has 1 N–H and O–H groups in total. The van der Waals surface area contributed by atoms with Crippen LogP contribution in [-0.2, 0) is 0 Å². The van der Waals surface area contributed by atoms with Crippen molar-refractivity contribution in [2.75, 3.05) is 6.61 Å². The van der Waals surface area contributed by atoms with Crippen molar-refractivity contribution in [1.82, 2.24) is 0 Å². The molecule has 0 radical (unpaired) electrons. The number of rotatable bonds is 2. The Labute approximate surface area is 69.1 Å². The highest BCUT2D eigenvalue weighted by Gasteiger charge is 2.33. The van der Waals surface area contributed by atoms with E-state index in [4.69, 9.17) is 5.11 Å². The maximum absolute atomic E-state index is 8.82. The molecule has 0 heterocycles. The van der Waals surface area contributed by atoms with E-state index >= 15 is 0 Å². The Bertz CT molecular complexity index is 168. The second-order valence-electron chi connectivity index (χ2n) is 4.05. The van der Waals surface area contributed by atoms with Gasteiger partial charge in [0.05, 0.1) is 0 Å². The van der Waals surface area contributed by atoms with Crippen molar-refractivity contribution in [2.45, 2.75) is 33.6 Å². The van der Waals surface area contributed by atoms with E-state index in [1.54, 1.807) is 0 Å².